The monoisotopic (exact) mass is 346 g/mol. The molecule has 1 saturated heterocycles. The maximum absolute atomic E-state index is 12.7. The van der Waals surface area contributed by atoms with Crippen molar-refractivity contribution in [3.05, 3.63) is 35.9 Å². The number of rotatable bonds is 6. The topological polar surface area (TPSA) is 77.9 Å². The van der Waals surface area contributed by atoms with Crippen LogP contribution < -0.4 is 0 Å². The molecule has 0 aliphatic carbocycles. The smallest absolute Gasteiger partial charge is 0.306 e. The number of amides is 2. The molecule has 1 N–H and O–H groups in total. The number of benzene rings is 1. The number of likely N-dealkylation sites (N-methyl/N-ethyl adjacent to an activating group) is 1. The van der Waals surface area contributed by atoms with Gasteiger partial charge in [0.15, 0.2) is 0 Å². The fourth-order valence-corrected chi connectivity index (χ4v) is 3.26. The van der Waals surface area contributed by atoms with Gasteiger partial charge < -0.3 is 14.9 Å². The van der Waals surface area contributed by atoms with Crippen molar-refractivity contribution in [3.8, 4) is 0 Å². The first kappa shape index (κ1) is 19.0. The summed E-state index contributed by atoms with van der Waals surface area (Å²) in [7, 11) is 1.65. The number of carboxylic acid groups (broad SMARTS) is 1. The van der Waals surface area contributed by atoms with E-state index in [1.165, 1.54) is 4.90 Å². The highest BCUT2D eigenvalue weighted by Gasteiger charge is 2.29. The van der Waals surface area contributed by atoms with Crippen molar-refractivity contribution in [2.45, 2.75) is 32.1 Å². The van der Waals surface area contributed by atoms with E-state index in [0.29, 0.717) is 32.4 Å². The lowest BCUT2D eigenvalue weighted by atomic mass is 9.95. The molecule has 2 amide bonds. The van der Waals surface area contributed by atoms with E-state index in [4.69, 9.17) is 5.11 Å². The molecule has 2 rings (SSSR count). The standard InChI is InChI=1S/C19H26N2O4/c1-3-16(14-7-5-4-6-8-14)18(23)20(2)13-17(22)21-11-9-15(10-12-21)19(24)25/h4-8,15-16H,3,9-13H2,1-2H3,(H,24,25). The van der Waals surface area contributed by atoms with Gasteiger partial charge in [0, 0.05) is 20.1 Å². The molecule has 1 unspecified atom stereocenters. The van der Waals surface area contributed by atoms with Gasteiger partial charge in [-0.15, -0.1) is 0 Å². The second kappa shape index (κ2) is 8.65. The Balaban J connectivity index is 1.92. The highest BCUT2D eigenvalue weighted by atomic mass is 16.4. The van der Waals surface area contributed by atoms with Crippen LogP contribution in [-0.2, 0) is 14.4 Å². The van der Waals surface area contributed by atoms with E-state index >= 15 is 0 Å². The second-order valence-electron chi connectivity index (χ2n) is 6.56. The minimum Gasteiger partial charge on any atom is -0.481 e. The van der Waals surface area contributed by atoms with Crippen LogP contribution in [0.25, 0.3) is 0 Å². The average molecular weight is 346 g/mol. The van der Waals surface area contributed by atoms with Crippen LogP contribution in [0.3, 0.4) is 0 Å². The maximum atomic E-state index is 12.7. The van der Waals surface area contributed by atoms with Gasteiger partial charge in [0.25, 0.3) is 0 Å². The van der Waals surface area contributed by atoms with Crippen LogP contribution in [0.1, 0.15) is 37.7 Å². The number of hydrogen-bond acceptors (Lipinski definition) is 3. The molecule has 1 aromatic rings. The van der Waals surface area contributed by atoms with E-state index in [9.17, 15) is 14.4 Å². The van der Waals surface area contributed by atoms with Crippen molar-refractivity contribution in [2.75, 3.05) is 26.7 Å². The van der Waals surface area contributed by atoms with Crippen molar-refractivity contribution >= 4 is 17.8 Å². The lowest BCUT2D eigenvalue weighted by Crippen LogP contribution is -2.46. The molecular formula is C19H26N2O4. The zero-order valence-corrected chi connectivity index (χ0v) is 14.9. The molecule has 0 aromatic heterocycles. The molecule has 0 radical (unpaired) electrons. The van der Waals surface area contributed by atoms with E-state index in [1.54, 1.807) is 11.9 Å². The van der Waals surface area contributed by atoms with Gasteiger partial charge in [0.2, 0.25) is 11.8 Å². The molecule has 1 aliphatic heterocycles. The van der Waals surface area contributed by atoms with Gasteiger partial charge in [-0.1, -0.05) is 37.3 Å². The number of aliphatic carboxylic acids is 1. The summed E-state index contributed by atoms with van der Waals surface area (Å²) in [6, 6.07) is 9.58. The predicted molar refractivity (Wildman–Crippen MR) is 94.1 cm³/mol. The molecule has 6 nitrogen and oxygen atoms in total. The molecule has 1 aromatic carbocycles. The van der Waals surface area contributed by atoms with Crippen LogP contribution in [0.4, 0.5) is 0 Å². The Labute approximate surface area is 148 Å². The van der Waals surface area contributed by atoms with E-state index in [0.717, 1.165) is 5.56 Å². The molecular weight excluding hydrogens is 320 g/mol. The zero-order chi connectivity index (χ0) is 18.4. The molecule has 1 aliphatic rings. The van der Waals surface area contributed by atoms with Crippen molar-refractivity contribution in [1.82, 2.24) is 9.80 Å². The fraction of sp³-hybridized carbons (Fsp3) is 0.526. The molecule has 1 fully saturated rings. The normalized spacial score (nSPS) is 16.3. The maximum Gasteiger partial charge on any atom is 0.306 e. The first-order chi connectivity index (χ1) is 11.9. The Morgan fingerprint density at radius 3 is 2.32 bits per heavy atom. The summed E-state index contributed by atoms with van der Waals surface area (Å²) in [4.78, 5) is 39.3. The molecule has 0 bridgehead atoms. The van der Waals surface area contributed by atoms with Gasteiger partial charge in [-0.2, -0.15) is 0 Å². The Hall–Kier alpha value is -2.37. The van der Waals surface area contributed by atoms with Crippen LogP contribution in [0.2, 0.25) is 0 Å². The predicted octanol–water partition coefficient (Wildman–Crippen LogP) is 1.96. The summed E-state index contributed by atoms with van der Waals surface area (Å²) in [6.07, 6.45) is 1.62. The second-order valence-corrected chi connectivity index (χ2v) is 6.56. The Bertz CT molecular complexity index is 609. The van der Waals surface area contributed by atoms with Crippen molar-refractivity contribution < 1.29 is 19.5 Å². The van der Waals surface area contributed by atoms with Crippen molar-refractivity contribution in [2.24, 2.45) is 5.92 Å². The number of nitrogens with zero attached hydrogens (tertiary/aromatic N) is 2. The first-order valence-corrected chi connectivity index (χ1v) is 8.74. The van der Waals surface area contributed by atoms with Crippen LogP contribution in [0.5, 0.6) is 0 Å². The van der Waals surface area contributed by atoms with Crippen LogP contribution >= 0.6 is 0 Å². The molecule has 1 heterocycles. The summed E-state index contributed by atoms with van der Waals surface area (Å²) >= 11 is 0. The number of hydrogen-bond donors (Lipinski definition) is 1. The van der Waals surface area contributed by atoms with Crippen LogP contribution in [0.15, 0.2) is 30.3 Å². The zero-order valence-electron chi connectivity index (χ0n) is 14.9. The van der Waals surface area contributed by atoms with Crippen LogP contribution in [0, 0.1) is 5.92 Å². The minimum atomic E-state index is -0.798. The third-order valence-corrected chi connectivity index (χ3v) is 4.85. The van der Waals surface area contributed by atoms with Gasteiger partial charge in [-0.05, 0) is 24.8 Å². The van der Waals surface area contributed by atoms with Crippen molar-refractivity contribution in [3.63, 3.8) is 0 Å². The Kier molecular flexibility index (Phi) is 6.56. The van der Waals surface area contributed by atoms with E-state index in [1.807, 2.05) is 37.3 Å². The van der Waals surface area contributed by atoms with E-state index in [-0.39, 0.29) is 30.2 Å². The third kappa shape index (κ3) is 4.81. The fourth-order valence-electron chi connectivity index (χ4n) is 3.26. The Morgan fingerprint density at radius 1 is 1.20 bits per heavy atom. The first-order valence-electron chi connectivity index (χ1n) is 8.74. The number of likely N-dealkylation sites (tertiary alicyclic amines) is 1. The lowest BCUT2D eigenvalue weighted by Gasteiger charge is -2.32. The SMILES string of the molecule is CCC(C(=O)N(C)CC(=O)N1CCC(C(=O)O)CC1)c1ccccc1. The summed E-state index contributed by atoms with van der Waals surface area (Å²) < 4.78 is 0. The summed E-state index contributed by atoms with van der Waals surface area (Å²) in [5, 5.41) is 9.02. The summed E-state index contributed by atoms with van der Waals surface area (Å²) in [5.41, 5.74) is 0.955. The minimum absolute atomic E-state index is 0.0277. The van der Waals surface area contributed by atoms with Crippen LogP contribution in [-0.4, -0.2) is 59.4 Å². The quantitative estimate of drug-likeness (QED) is 0.854. The highest BCUT2D eigenvalue weighted by Crippen LogP contribution is 2.22. The van der Waals surface area contributed by atoms with Gasteiger partial charge >= 0.3 is 5.97 Å². The number of carbonyl (C=O) groups is 3. The third-order valence-electron chi connectivity index (χ3n) is 4.85. The molecule has 6 heteroatoms. The van der Waals surface area contributed by atoms with Gasteiger partial charge in [-0.25, -0.2) is 0 Å². The average Bonchev–Trinajstić information content (AvgIpc) is 2.63. The lowest BCUT2D eigenvalue weighted by molar-refractivity contribution is -0.146. The Morgan fingerprint density at radius 2 is 1.80 bits per heavy atom. The molecule has 0 saturated carbocycles. The van der Waals surface area contributed by atoms with Gasteiger partial charge in [-0.3, -0.25) is 14.4 Å². The molecule has 0 spiro atoms. The molecule has 25 heavy (non-hydrogen) atoms. The van der Waals surface area contributed by atoms with Gasteiger partial charge in [0.1, 0.15) is 0 Å². The summed E-state index contributed by atoms with van der Waals surface area (Å²) in [5.74, 6) is -1.61. The molecule has 136 valence electrons. The van der Waals surface area contributed by atoms with E-state index in [2.05, 4.69) is 0 Å². The summed E-state index contributed by atoms with van der Waals surface area (Å²) in [6.45, 7) is 2.86. The number of carboxylic acids is 1. The molecule has 1 atom stereocenters. The number of carbonyl (C=O) groups excluding carboxylic acids is 2. The van der Waals surface area contributed by atoms with Crippen molar-refractivity contribution in [1.29, 1.82) is 0 Å². The largest absolute Gasteiger partial charge is 0.481 e. The van der Waals surface area contributed by atoms with Gasteiger partial charge in [0.05, 0.1) is 18.4 Å². The van der Waals surface area contributed by atoms with E-state index < -0.39 is 5.97 Å². The highest BCUT2D eigenvalue weighted by molar-refractivity contribution is 5.88. The number of piperidine rings is 1.